The van der Waals surface area contributed by atoms with Crippen LogP contribution >= 0.6 is 0 Å². The normalized spacial score (nSPS) is 19.1. The maximum absolute atomic E-state index is 13.1. The summed E-state index contributed by atoms with van der Waals surface area (Å²) in [5.41, 5.74) is 4.40. The molecule has 6 rings (SSSR count). The van der Waals surface area contributed by atoms with Crippen molar-refractivity contribution in [3.63, 3.8) is 0 Å². The molecule has 0 spiro atoms. The van der Waals surface area contributed by atoms with Gasteiger partial charge in [-0.15, -0.1) is 0 Å². The lowest BCUT2D eigenvalue weighted by atomic mass is 10.00. The molecule has 0 atom stereocenters. The number of oxazole rings is 1. The van der Waals surface area contributed by atoms with Crippen molar-refractivity contribution >= 4 is 46.8 Å². The molecule has 1 saturated heterocycles. The van der Waals surface area contributed by atoms with Gasteiger partial charge in [-0.2, -0.15) is 0 Å². The monoisotopic (exact) mass is 541 g/mol. The number of carbonyl (C=O) groups is 2. The fourth-order valence-corrected chi connectivity index (χ4v) is 5.73. The Balaban J connectivity index is 1.17. The smallest absolute Gasteiger partial charge is 0.322 e. The topological polar surface area (TPSA) is 121 Å². The van der Waals surface area contributed by atoms with Crippen molar-refractivity contribution in [1.82, 2.24) is 14.8 Å². The second-order valence-electron chi connectivity index (χ2n) is 10.4. The highest BCUT2D eigenvalue weighted by molar-refractivity contribution is 6.15. The number of benzene rings is 2. The molecule has 10 nitrogen and oxygen atoms in total. The number of ether oxygens (including phenoxy) is 1. The first kappa shape index (κ1) is 25.7. The molecule has 2 aromatic carbocycles. The highest BCUT2D eigenvalue weighted by Crippen LogP contribution is 2.28. The lowest BCUT2D eigenvalue weighted by Crippen LogP contribution is -2.50. The van der Waals surface area contributed by atoms with Crippen LogP contribution in [0.4, 0.5) is 10.5 Å². The number of rotatable bonds is 3. The fraction of sp³-hybridized carbons (Fsp3) is 0.333. The maximum atomic E-state index is 13.1. The number of amides is 2. The third kappa shape index (κ3) is 4.70. The number of Topliss-reactive ketones (excluding diaryl/α,β-unsaturated/α-hetero) is 1. The van der Waals surface area contributed by atoms with Gasteiger partial charge in [-0.25, -0.2) is 9.78 Å². The molecule has 10 heteroatoms. The first-order valence-electron chi connectivity index (χ1n) is 13.4. The number of nitrogens with zero attached hydrogens (tertiary/aromatic N) is 4. The van der Waals surface area contributed by atoms with E-state index in [2.05, 4.69) is 26.8 Å². The number of aliphatic hydroxyl groups is 1. The van der Waals surface area contributed by atoms with E-state index in [0.717, 1.165) is 41.8 Å². The summed E-state index contributed by atoms with van der Waals surface area (Å²) in [7, 11) is 1.64. The number of ketones is 1. The number of dihydropyridines is 1. The molecule has 3 aliphatic heterocycles. The van der Waals surface area contributed by atoms with Gasteiger partial charge >= 0.3 is 6.03 Å². The number of aryl methyl sites for hydroxylation is 1. The van der Waals surface area contributed by atoms with Gasteiger partial charge in [0, 0.05) is 36.6 Å². The minimum absolute atomic E-state index is 0.0338. The SMILES string of the molecule is C=c1nc2c(C)cc(=C(O)C3=CC(N4CCC(N5CCc6cc(OC)ccc6NC5=O)CC4)=NCC3=O)cc2o1. The zero-order chi connectivity index (χ0) is 28.0. The van der Waals surface area contributed by atoms with E-state index in [9.17, 15) is 14.7 Å². The number of fused-ring (bicyclic) bond motifs is 2. The summed E-state index contributed by atoms with van der Waals surface area (Å²) >= 11 is 0. The van der Waals surface area contributed by atoms with E-state index in [4.69, 9.17) is 9.15 Å². The van der Waals surface area contributed by atoms with Crippen LogP contribution in [0.5, 0.6) is 5.75 Å². The summed E-state index contributed by atoms with van der Waals surface area (Å²) < 4.78 is 10.9. The van der Waals surface area contributed by atoms with E-state index in [-0.39, 0.29) is 35.7 Å². The molecular formula is C30H31N5O5. The zero-order valence-electron chi connectivity index (χ0n) is 22.6. The predicted octanol–water partition coefficient (Wildman–Crippen LogP) is 2.68. The Morgan fingerprint density at radius 1 is 1.18 bits per heavy atom. The molecule has 3 aromatic rings. The van der Waals surface area contributed by atoms with Crippen LogP contribution in [0.1, 0.15) is 24.0 Å². The van der Waals surface area contributed by atoms with E-state index >= 15 is 0 Å². The number of methoxy groups -OCH3 is 1. The number of piperidine rings is 1. The predicted molar refractivity (Wildman–Crippen MR) is 152 cm³/mol. The van der Waals surface area contributed by atoms with Crippen molar-refractivity contribution in [2.75, 3.05) is 38.6 Å². The van der Waals surface area contributed by atoms with E-state index in [1.54, 1.807) is 25.3 Å². The summed E-state index contributed by atoms with van der Waals surface area (Å²) in [6, 6.07) is 9.18. The molecule has 4 heterocycles. The Bertz CT molecular complexity index is 1700. The van der Waals surface area contributed by atoms with Crippen LogP contribution in [-0.4, -0.2) is 76.9 Å². The lowest BCUT2D eigenvalue weighted by Gasteiger charge is -2.39. The number of hydrogen-bond donors (Lipinski definition) is 2. The Labute approximate surface area is 230 Å². The number of amidine groups is 1. The number of aliphatic hydroxyl groups excluding tert-OH is 1. The molecule has 3 aliphatic rings. The average molecular weight is 542 g/mol. The molecule has 2 N–H and O–H groups in total. The lowest BCUT2D eigenvalue weighted by molar-refractivity contribution is -0.114. The first-order valence-corrected chi connectivity index (χ1v) is 13.4. The number of aliphatic imine (C=N–C) groups is 1. The number of urea groups is 1. The van der Waals surface area contributed by atoms with E-state index in [1.807, 2.05) is 30.0 Å². The van der Waals surface area contributed by atoms with E-state index in [1.165, 1.54) is 0 Å². The Morgan fingerprint density at radius 2 is 1.98 bits per heavy atom. The quantitative estimate of drug-likeness (QED) is 0.523. The third-order valence-electron chi connectivity index (χ3n) is 7.88. The number of nitrogens with one attached hydrogen (secondary N) is 1. The van der Waals surface area contributed by atoms with Gasteiger partial charge in [-0.05, 0) is 80.3 Å². The molecule has 206 valence electrons. The molecule has 0 radical (unpaired) electrons. The molecule has 40 heavy (non-hydrogen) atoms. The zero-order valence-corrected chi connectivity index (χ0v) is 22.6. The van der Waals surface area contributed by atoms with Crippen molar-refractivity contribution < 1.29 is 23.8 Å². The third-order valence-corrected chi connectivity index (χ3v) is 7.88. The van der Waals surface area contributed by atoms with Crippen molar-refractivity contribution in [3.05, 3.63) is 63.9 Å². The van der Waals surface area contributed by atoms with Crippen LogP contribution in [-0.2, 0) is 11.2 Å². The summed E-state index contributed by atoms with van der Waals surface area (Å²) in [6.45, 7) is 7.56. The number of aromatic nitrogens is 1. The number of anilines is 1. The second kappa shape index (κ2) is 10.2. The van der Waals surface area contributed by atoms with Crippen LogP contribution in [0.15, 0.2) is 51.4 Å². The van der Waals surface area contributed by atoms with Gasteiger partial charge in [0.1, 0.15) is 29.4 Å². The van der Waals surface area contributed by atoms with Crippen molar-refractivity contribution in [1.29, 1.82) is 0 Å². The minimum atomic E-state index is -0.248. The van der Waals surface area contributed by atoms with Crippen LogP contribution in [0.2, 0.25) is 0 Å². The minimum Gasteiger partial charge on any atom is -0.507 e. The molecule has 1 aromatic heterocycles. The van der Waals surface area contributed by atoms with Crippen LogP contribution in [0, 0.1) is 6.92 Å². The van der Waals surface area contributed by atoms with Gasteiger partial charge in [0.2, 0.25) is 5.55 Å². The van der Waals surface area contributed by atoms with Crippen LogP contribution in [0.3, 0.4) is 0 Å². The summed E-state index contributed by atoms with van der Waals surface area (Å²) in [5.74, 6) is 1.08. The van der Waals surface area contributed by atoms with Gasteiger partial charge in [0.05, 0.1) is 12.7 Å². The van der Waals surface area contributed by atoms with Crippen molar-refractivity contribution in [2.45, 2.75) is 32.2 Å². The van der Waals surface area contributed by atoms with Gasteiger partial charge in [0.15, 0.2) is 11.4 Å². The Hall–Kier alpha value is -4.60. The fourth-order valence-electron chi connectivity index (χ4n) is 5.73. The first-order chi connectivity index (χ1) is 19.3. The maximum Gasteiger partial charge on any atom is 0.322 e. The molecule has 2 amide bonds. The molecule has 0 aliphatic carbocycles. The summed E-state index contributed by atoms with van der Waals surface area (Å²) in [5, 5.41) is 14.6. The van der Waals surface area contributed by atoms with Crippen LogP contribution < -0.4 is 20.8 Å². The van der Waals surface area contributed by atoms with E-state index < -0.39 is 0 Å². The second-order valence-corrected chi connectivity index (χ2v) is 10.4. The molecule has 1 fully saturated rings. The Kier molecular flexibility index (Phi) is 6.53. The summed E-state index contributed by atoms with van der Waals surface area (Å²) in [6.07, 6.45) is 3.95. The molecule has 0 saturated carbocycles. The number of likely N-dealkylation sites (tertiary alicyclic amines) is 1. The highest BCUT2D eigenvalue weighted by atomic mass is 16.5. The highest BCUT2D eigenvalue weighted by Gasteiger charge is 2.32. The van der Waals surface area contributed by atoms with Gasteiger partial charge in [0.25, 0.3) is 0 Å². The molecular weight excluding hydrogens is 510 g/mol. The molecule has 0 bridgehead atoms. The van der Waals surface area contributed by atoms with Gasteiger partial charge in [-0.1, -0.05) is 0 Å². The Morgan fingerprint density at radius 3 is 2.75 bits per heavy atom. The number of carbonyl (C=O) groups excluding carboxylic acids is 2. The van der Waals surface area contributed by atoms with Crippen molar-refractivity contribution in [2.24, 2.45) is 4.99 Å². The van der Waals surface area contributed by atoms with Crippen molar-refractivity contribution in [3.8, 4) is 5.75 Å². The van der Waals surface area contributed by atoms with Gasteiger partial charge in [-0.3, -0.25) is 9.79 Å². The molecule has 0 unspecified atom stereocenters. The average Bonchev–Trinajstić information content (AvgIpc) is 3.26. The van der Waals surface area contributed by atoms with Gasteiger partial charge < -0.3 is 29.4 Å². The van der Waals surface area contributed by atoms with Crippen LogP contribution in [0.25, 0.3) is 23.4 Å². The standard InChI is InChI=1S/C30H31N5O5/c1-17-12-20(14-26-28(17)32-18(2)40-26)29(37)23-15-27(31-16-25(23)36)34-9-7-21(8-10-34)35-11-6-19-13-22(39-3)4-5-24(19)33-30(35)38/h4-5,12-15,21,37H,2,6-11,16H2,1,3H3,(H,33,38). The number of hydrogen-bond acceptors (Lipinski definition) is 8. The largest absolute Gasteiger partial charge is 0.507 e. The van der Waals surface area contributed by atoms with E-state index in [0.29, 0.717) is 47.3 Å². The summed E-state index contributed by atoms with van der Waals surface area (Å²) in [4.78, 5) is 38.6.